The first-order chi connectivity index (χ1) is 9.64. The van der Waals surface area contributed by atoms with Crippen molar-refractivity contribution in [3.8, 4) is 0 Å². The van der Waals surface area contributed by atoms with Crippen molar-refractivity contribution in [2.75, 3.05) is 25.9 Å². The summed E-state index contributed by atoms with van der Waals surface area (Å²) >= 11 is 0. The predicted molar refractivity (Wildman–Crippen MR) is 75.7 cm³/mol. The van der Waals surface area contributed by atoms with Gasteiger partial charge >= 0.3 is 0 Å². The van der Waals surface area contributed by atoms with Gasteiger partial charge in [0, 0.05) is 31.9 Å². The molecule has 0 spiro atoms. The van der Waals surface area contributed by atoms with E-state index in [1.54, 1.807) is 6.92 Å². The lowest BCUT2D eigenvalue weighted by atomic mass is 10.3. The van der Waals surface area contributed by atoms with Crippen LogP contribution in [0.4, 0.5) is 4.39 Å². The van der Waals surface area contributed by atoms with Crippen LogP contribution in [0.1, 0.15) is 6.92 Å². The zero-order chi connectivity index (χ0) is 15.8. The molecular formula is C12H17FN2O4S2. The van der Waals surface area contributed by atoms with E-state index in [4.69, 9.17) is 0 Å². The summed E-state index contributed by atoms with van der Waals surface area (Å²) in [5.74, 6) is -0.951. The van der Waals surface area contributed by atoms with Gasteiger partial charge in [0.15, 0.2) is 9.84 Å². The van der Waals surface area contributed by atoms with Crippen LogP contribution < -0.4 is 5.32 Å². The molecular weight excluding hydrogens is 319 g/mol. The number of hydrogen-bond donors (Lipinski definition) is 1. The molecule has 1 heterocycles. The Labute approximate surface area is 123 Å². The predicted octanol–water partition coefficient (Wildman–Crippen LogP) is 0.212. The molecule has 1 fully saturated rings. The lowest BCUT2D eigenvalue weighted by Gasteiger charge is -2.32. The van der Waals surface area contributed by atoms with E-state index in [1.165, 1.54) is 4.31 Å². The van der Waals surface area contributed by atoms with Crippen LogP contribution in [0.5, 0.6) is 0 Å². The monoisotopic (exact) mass is 336 g/mol. The van der Waals surface area contributed by atoms with E-state index in [9.17, 15) is 21.2 Å². The molecule has 0 unspecified atom stereocenters. The van der Waals surface area contributed by atoms with Crippen molar-refractivity contribution in [2.24, 2.45) is 0 Å². The van der Waals surface area contributed by atoms with Gasteiger partial charge in [-0.25, -0.2) is 21.2 Å². The van der Waals surface area contributed by atoms with Crippen LogP contribution in [-0.4, -0.2) is 53.1 Å². The molecule has 6 nitrogen and oxygen atoms in total. The SMILES string of the molecule is C[C@@H]1CNCCN1S(=O)(=O)c1cc(S(C)(=O)=O)ccc1F. The summed E-state index contributed by atoms with van der Waals surface area (Å²) in [4.78, 5) is -0.815. The summed E-state index contributed by atoms with van der Waals surface area (Å²) in [7, 11) is -7.68. The van der Waals surface area contributed by atoms with Crippen molar-refractivity contribution in [3.05, 3.63) is 24.0 Å². The maximum atomic E-state index is 13.9. The summed E-state index contributed by atoms with van der Waals surface area (Å²) in [5, 5.41) is 3.04. The number of piperazine rings is 1. The van der Waals surface area contributed by atoms with Gasteiger partial charge in [0.05, 0.1) is 4.90 Å². The number of sulfonamides is 1. The average molecular weight is 336 g/mol. The molecule has 1 atom stereocenters. The van der Waals surface area contributed by atoms with Crippen LogP contribution in [0.15, 0.2) is 28.0 Å². The smallest absolute Gasteiger partial charge is 0.246 e. The van der Waals surface area contributed by atoms with Crippen LogP contribution in [0, 0.1) is 5.82 Å². The molecule has 0 amide bonds. The number of nitrogens with zero attached hydrogens (tertiary/aromatic N) is 1. The van der Waals surface area contributed by atoms with E-state index in [0.717, 1.165) is 24.5 Å². The van der Waals surface area contributed by atoms with Gasteiger partial charge in [-0.15, -0.1) is 0 Å². The standard InChI is InChI=1S/C12H17FN2O4S2/c1-9-8-14-5-6-15(9)21(18,19)12-7-10(20(2,16)17)3-4-11(12)13/h3-4,7,9,14H,5-6,8H2,1-2H3/t9-/m1/s1. The van der Waals surface area contributed by atoms with Crippen molar-refractivity contribution in [1.29, 1.82) is 0 Å². The second-order valence-corrected chi connectivity index (χ2v) is 8.91. The van der Waals surface area contributed by atoms with E-state index >= 15 is 0 Å². The van der Waals surface area contributed by atoms with E-state index in [0.29, 0.717) is 13.1 Å². The van der Waals surface area contributed by atoms with Gasteiger partial charge in [-0.1, -0.05) is 0 Å². The van der Waals surface area contributed by atoms with Crippen molar-refractivity contribution in [3.63, 3.8) is 0 Å². The quantitative estimate of drug-likeness (QED) is 0.798. The summed E-state index contributed by atoms with van der Waals surface area (Å²) in [6, 6.07) is 2.49. The fourth-order valence-corrected chi connectivity index (χ4v) is 4.66. The summed E-state index contributed by atoms with van der Waals surface area (Å²) in [5.41, 5.74) is 0. The second-order valence-electron chi connectivity index (χ2n) is 5.03. The van der Waals surface area contributed by atoms with Crippen molar-refractivity contribution in [1.82, 2.24) is 9.62 Å². The Kier molecular flexibility index (Phi) is 4.39. The van der Waals surface area contributed by atoms with Crippen molar-refractivity contribution < 1.29 is 21.2 Å². The molecule has 0 aromatic heterocycles. The summed E-state index contributed by atoms with van der Waals surface area (Å²) in [6.45, 7) is 2.86. The normalized spacial score (nSPS) is 21.4. The third-order valence-corrected chi connectivity index (χ3v) is 6.50. The first-order valence-corrected chi connectivity index (χ1v) is 9.69. The molecule has 0 bridgehead atoms. The van der Waals surface area contributed by atoms with Gasteiger partial charge in [0.25, 0.3) is 0 Å². The van der Waals surface area contributed by atoms with Crippen LogP contribution in [0.25, 0.3) is 0 Å². The molecule has 1 aromatic rings. The number of hydrogen-bond acceptors (Lipinski definition) is 5. The molecule has 1 aliphatic rings. The van der Waals surface area contributed by atoms with Crippen LogP contribution in [0.3, 0.4) is 0 Å². The van der Waals surface area contributed by atoms with Crippen molar-refractivity contribution >= 4 is 19.9 Å². The highest BCUT2D eigenvalue weighted by molar-refractivity contribution is 7.91. The van der Waals surface area contributed by atoms with Crippen LogP contribution >= 0.6 is 0 Å². The zero-order valence-corrected chi connectivity index (χ0v) is 13.3. The van der Waals surface area contributed by atoms with Gasteiger partial charge in [0.1, 0.15) is 10.7 Å². The Morgan fingerprint density at radius 3 is 2.52 bits per heavy atom. The lowest BCUT2D eigenvalue weighted by molar-refractivity contribution is 0.283. The number of rotatable bonds is 3. The summed E-state index contributed by atoms with van der Waals surface area (Å²) in [6.07, 6.45) is 0.948. The number of nitrogens with one attached hydrogen (secondary N) is 1. The van der Waals surface area contributed by atoms with E-state index in [-0.39, 0.29) is 17.5 Å². The van der Waals surface area contributed by atoms with Gasteiger partial charge in [-0.3, -0.25) is 0 Å². The van der Waals surface area contributed by atoms with Gasteiger partial charge in [-0.2, -0.15) is 4.31 Å². The van der Waals surface area contributed by atoms with E-state index in [2.05, 4.69) is 5.32 Å². The third-order valence-electron chi connectivity index (χ3n) is 3.36. The lowest BCUT2D eigenvalue weighted by Crippen LogP contribution is -2.52. The van der Waals surface area contributed by atoms with Gasteiger partial charge in [-0.05, 0) is 25.1 Å². The Hall–Kier alpha value is -1.03. The highest BCUT2D eigenvalue weighted by atomic mass is 32.2. The molecule has 1 N–H and O–H groups in total. The molecule has 0 aliphatic carbocycles. The average Bonchev–Trinajstić information content (AvgIpc) is 2.37. The minimum absolute atomic E-state index is 0.214. The molecule has 9 heteroatoms. The molecule has 1 aromatic carbocycles. The maximum Gasteiger partial charge on any atom is 0.246 e. The minimum atomic E-state index is -4.07. The van der Waals surface area contributed by atoms with E-state index < -0.39 is 30.6 Å². The molecule has 0 saturated carbocycles. The Balaban J connectivity index is 2.54. The highest BCUT2D eigenvalue weighted by Gasteiger charge is 2.33. The molecule has 1 saturated heterocycles. The maximum absolute atomic E-state index is 13.9. The first kappa shape index (κ1) is 16.3. The number of benzene rings is 1. The fraction of sp³-hybridized carbons (Fsp3) is 0.500. The Bertz CT molecular complexity index is 747. The largest absolute Gasteiger partial charge is 0.314 e. The molecule has 118 valence electrons. The molecule has 1 aliphatic heterocycles. The van der Waals surface area contributed by atoms with Gasteiger partial charge < -0.3 is 5.32 Å². The topological polar surface area (TPSA) is 83.6 Å². The summed E-state index contributed by atoms with van der Waals surface area (Å²) < 4.78 is 63.3. The minimum Gasteiger partial charge on any atom is -0.314 e. The van der Waals surface area contributed by atoms with Crippen LogP contribution in [-0.2, 0) is 19.9 Å². The Morgan fingerprint density at radius 2 is 1.95 bits per heavy atom. The van der Waals surface area contributed by atoms with Crippen LogP contribution in [0.2, 0.25) is 0 Å². The third kappa shape index (κ3) is 3.25. The zero-order valence-electron chi connectivity index (χ0n) is 11.7. The molecule has 0 radical (unpaired) electrons. The molecule has 2 rings (SSSR count). The highest BCUT2D eigenvalue weighted by Crippen LogP contribution is 2.24. The Morgan fingerprint density at radius 1 is 1.29 bits per heavy atom. The number of halogens is 1. The first-order valence-electron chi connectivity index (χ1n) is 6.36. The van der Waals surface area contributed by atoms with E-state index in [1.807, 2.05) is 0 Å². The molecule has 21 heavy (non-hydrogen) atoms. The fourth-order valence-electron chi connectivity index (χ4n) is 2.22. The number of sulfone groups is 1. The van der Waals surface area contributed by atoms with Crippen molar-refractivity contribution in [2.45, 2.75) is 22.8 Å². The second kappa shape index (κ2) is 5.64. The van der Waals surface area contributed by atoms with Gasteiger partial charge in [0.2, 0.25) is 10.0 Å².